The number of aromatic nitrogens is 4. The van der Waals surface area contributed by atoms with Crippen molar-refractivity contribution in [2.45, 2.75) is 6.92 Å². The third-order valence-corrected chi connectivity index (χ3v) is 3.74. The van der Waals surface area contributed by atoms with Crippen LogP contribution in [0.25, 0.3) is 5.82 Å². The Morgan fingerprint density at radius 1 is 1.11 bits per heavy atom. The van der Waals surface area contributed by atoms with E-state index in [9.17, 15) is 14.4 Å². The highest BCUT2D eigenvalue weighted by Gasteiger charge is 2.16. The van der Waals surface area contributed by atoms with Crippen LogP contribution in [-0.4, -0.2) is 39.0 Å². The summed E-state index contributed by atoms with van der Waals surface area (Å²) in [5.74, 6) is 0.0307. The minimum absolute atomic E-state index is 0.327. The molecule has 0 spiro atoms. The van der Waals surface area contributed by atoms with Crippen LogP contribution < -0.4 is 21.5 Å². The van der Waals surface area contributed by atoms with E-state index in [1.165, 1.54) is 30.1 Å². The van der Waals surface area contributed by atoms with Crippen molar-refractivity contribution in [2.75, 3.05) is 17.7 Å². The second-order valence-electron chi connectivity index (χ2n) is 5.57. The van der Waals surface area contributed by atoms with Crippen molar-refractivity contribution >= 4 is 23.3 Å². The molecule has 2 heterocycles. The molecule has 0 saturated heterocycles. The fraction of sp³-hybridized carbons (Fsp3) is 0.118. The average molecular weight is 367 g/mol. The standard InChI is InChI=1S/C17H17N7O3/c1-10-13(9-19-24(10)14-6-7-15(25)23-22-14)16(26)20-11-4-3-5-12(8-11)21-17(27)18-2/h3-9H,1-2H3,(H,20,26)(H,23,25)(H2,18,21,27). The van der Waals surface area contributed by atoms with Crippen molar-refractivity contribution in [3.63, 3.8) is 0 Å². The number of hydrogen-bond donors (Lipinski definition) is 4. The minimum atomic E-state index is -0.361. The zero-order valence-corrected chi connectivity index (χ0v) is 14.6. The normalized spacial score (nSPS) is 10.3. The van der Waals surface area contributed by atoms with Crippen LogP contribution >= 0.6 is 0 Å². The summed E-state index contributed by atoms with van der Waals surface area (Å²) in [5.41, 5.74) is 1.64. The largest absolute Gasteiger partial charge is 0.341 e. The van der Waals surface area contributed by atoms with E-state index in [2.05, 4.69) is 31.2 Å². The predicted octanol–water partition coefficient (Wildman–Crippen LogP) is 1.27. The first-order valence-corrected chi connectivity index (χ1v) is 7.99. The minimum Gasteiger partial charge on any atom is -0.341 e. The van der Waals surface area contributed by atoms with E-state index in [0.717, 1.165) is 0 Å². The Labute approximate surface area is 153 Å². The van der Waals surface area contributed by atoms with Crippen molar-refractivity contribution in [2.24, 2.45) is 0 Å². The summed E-state index contributed by atoms with van der Waals surface area (Å²) < 4.78 is 1.45. The Morgan fingerprint density at radius 3 is 2.52 bits per heavy atom. The lowest BCUT2D eigenvalue weighted by molar-refractivity contribution is 0.102. The van der Waals surface area contributed by atoms with Gasteiger partial charge in [-0.05, 0) is 31.2 Å². The number of rotatable bonds is 4. The van der Waals surface area contributed by atoms with Crippen LogP contribution in [0.4, 0.5) is 16.2 Å². The van der Waals surface area contributed by atoms with Gasteiger partial charge in [-0.2, -0.15) is 10.2 Å². The molecule has 1 aromatic carbocycles. The molecule has 10 nitrogen and oxygen atoms in total. The van der Waals surface area contributed by atoms with E-state index in [1.54, 1.807) is 31.2 Å². The van der Waals surface area contributed by atoms with Crippen molar-refractivity contribution in [1.29, 1.82) is 0 Å². The van der Waals surface area contributed by atoms with Crippen molar-refractivity contribution in [1.82, 2.24) is 25.3 Å². The highest BCUT2D eigenvalue weighted by atomic mass is 16.2. The number of benzene rings is 1. The molecule has 3 aromatic rings. The number of hydrogen-bond acceptors (Lipinski definition) is 5. The van der Waals surface area contributed by atoms with Crippen LogP contribution in [0, 0.1) is 6.92 Å². The molecule has 0 fully saturated rings. The lowest BCUT2D eigenvalue weighted by atomic mass is 10.2. The first-order valence-electron chi connectivity index (χ1n) is 7.99. The van der Waals surface area contributed by atoms with Crippen molar-refractivity contribution in [3.8, 4) is 5.82 Å². The maximum absolute atomic E-state index is 12.6. The van der Waals surface area contributed by atoms with Gasteiger partial charge in [0.15, 0.2) is 5.82 Å². The van der Waals surface area contributed by atoms with Crippen LogP contribution in [0.15, 0.2) is 47.4 Å². The van der Waals surface area contributed by atoms with Crippen molar-refractivity contribution < 1.29 is 9.59 Å². The zero-order chi connectivity index (χ0) is 19.4. The second-order valence-corrected chi connectivity index (χ2v) is 5.57. The van der Waals surface area contributed by atoms with E-state index >= 15 is 0 Å². The summed E-state index contributed by atoms with van der Waals surface area (Å²) in [6.45, 7) is 1.72. The van der Waals surface area contributed by atoms with Gasteiger partial charge in [0, 0.05) is 24.5 Å². The third-order valence-electron chi connectivity index (χ3n) is 3.74. The molecule has 0 aliphatic heterocycles. The summed E-state index contributed by atoms with van der Waals surface area (Å²) in [6, 6.07) is 9.23. The predicted molar refractivity (Wildman–Crippen MR) is 99.2 cm³/mol. The first-order chi connectivity index (χ1) is 13.0. The lowest BCUT2D eigenvalue weighted by Gasteiger charge is -2.08. The molecule has 0 aliphatic rings. The quantitative estimate of drug-likeness (QED) is 0.551. The zero-order valence-electron chi connectivity index (χ0n) is 14.6. The van der Waals surface area contributed by atoms with Gasteiger partial charge in [0.05, 0.1) is 17.5 Å². The highest BCUT2D eigenvalue weighted by Crippen LogP contribution is 2.18. The second kappa shape index (κ2) is 7.52. The lowest BCUT2D eigenvalue weighted by Crippen LogP contribution is -2.24. The summed E-state index contributed by atoms with van der Waals surface area (Å²) in [7, 11) is 1.51. The number of carbonyl (C=O) groups excluding carboxylic acids is 2. The molecule has 4 N–H and O–H groups in total. The molecule has 0 radical (unpaired) electrons. The van der Waals surface area contributed by atoms with Gasteiger partial charge in [0.25, 0.3) is 11.5 Å². The molecular weight excluding hydrogens is 350 g/mol. The number of nitrogens with zero attached hydrogens (tertiary/aromatic N) is 3. The Hall–Kier alpha value is -3.95. The van der Waals surface area contributed by atoms with Gasteiger partial charge in [-0.3, -0.25) is 9.59 Å². The molecule has 0 saturated carbocycles. The first kappa shape index (κ1) is 17.9. The Balaban J connectivity index is 1.79. The van der Waals surface area contributed by atoms with Gasteiger partial charge < -0.3 is 16.0 Å². The fourth-order valence-electron chi connectivity index (χ4n) is 2.39. The van der Waals surface area contributed by atoms with E-state index in [-0.39, 0.29) is 17.5 Å². The molecule has 27 heavy (non-hydrogen) atoms. The number of anilines is 2. The van der Waals surface area contributed by atoms with Gasteiger partial charge >= 0.3 is 6.03 Å². The Morgan fingerprint density at radius 2 is 1.85 bits per heavy atom. The molecule has 3 amide bonds. The number of H-pyrrole nitrogens is 1. The van der Waals surface area contributed by atoms with Crippen LogP contribution in [-0.2, 0) is 0 Å². The number of aromatic amines is 1. The Kier molecular flexibility index (Phi) is 4.97. The number of carbonyl (C=O) groups is 2. The summed E-state index contributed by atoms with van der Waals surface area (Å²) in [5, 5.41) is 18.2. The van der Waals surface area contributed by atoms with E-state index in [1.807, 2.05) is 0 Å². The molecule has 3 rings (SSSR count). The third kappa shape index (κ3) is 4.00. The van der Waals surface area contributed by atoms with Crippen molar-refractivity contribution in [3.05, 3.63) is 64.2 Å². The fourth-order valence-corrected chi connectivity index (χ4v) is 2.39. The van der Waals surface area contributed by atoms with Crippen LogP contribution in [0.2, 0.25) is 0 Å². The molecule has 10 heteroatoms. The SMILES string of the molecule is CNC(=O)Nc1cccc(NC(=O)c2cnn(-c3ccc(=O)[nH]n3)c2C)c1. The molecular formula is C17H17N7O3. The van der Waals surface area contributed by atoms with Gasteiger partial charge in [0.1, 0.15) is 0 Å². The molecule has 0 atom stereocenters. The molecule has 138 valence electrons. The van der Waals surface area contributed by atoms with Gasteiger partial charge in [0.2, 0.25) is 0 Å². The molecule has 2 aromatic heterocycles. The molecule has 0 aliphatic carbocycles. The van der Waals surface area contributed by atoms with E-state index < -0.39 is 0 Å². The molecule has 0 bridgehead atoms. The number of amides is 3. The maximum atomic E-state index is 12.6. The van der Waals surface area contributed by atoms with Gasteiger partial charge in [-0.1, -0.05) is 6.07 Å². The highest BCUT2D eigenvalue weighted by molar-refractivity contribution is 6.05. The van der Waals surface area contributed by atoms with E-state index in [0.29, 0.717) is 28.5 Å². The topological polar surface area (TPSA) is 134 Å². The Bertz CT molecular complexity index is 1030. The monoisotopic (exact) mass is 367 g/mol. The van der Waals surface area contributed by atoms with Crippen LogP contribution in [0.3, 0.4) is 0 Å². The van der Waals surface area contributed by atoms with Crippen LogP contribution in [0.5, 0.6) is 0 Å². The molecule has 0 unspecified atom stereocenters. The van der Waals surface area contributed by atoms with Gasteiger partial charge in [-0.15, -0.1) is 0 Å². The van der Waals surface area contributed by atoms with E-state index in [4.69, 9.17) is 0 Å². The maximum Gasteiger partial charge on any atom is 0.318 e. The average Bonchev–Trinajstić information content (AvgIpc) is 3.04. The number of nitrogens with one attached hydrogen (secondary N) is 4. The van der Waals surface area contributed by atoms with Crippen LogP contribution in [0.1, 0.15) is 16.1 Å². The van der Waals surface area contributed by atoms with Gasteiger partial charge in [-0.25, -0.2) is 14.6 Å². The summed E-state index contributed by atoms with van der Waals surface area (Å²) in [6.07, 6.45) is 1.42. The number of urea groups is 1. The summed E-state index contributed by atoms with van der Waals surface area (Å²) in [4.78, 5) is 35.1. The summed E-state index contributed by atoms with van der Waals surface area (Å²) >= 11 is 0. The smallest absolute Gasteiger partial charge is 0.318 e.